The molecule has 1 fully saturated rings. The number of rotatable bonds is 5. The Morgan fingerprint density at radius 2 is 1.86 bits per heavy atom. The van der Waals surface area contributed by atoms with E-state index in [1.807, 2.05) is 6.07 Å². The Bertz CT molecular complexity index is 1410. The Balaban J connectivity index is 1.65. The molecule has 0 radical (unpaired) electrons. The number of cyclic esters (lactones) is 1. The fraction of sp³-hybridized carbons (Fsp3) is 0.269. The van der Waals surface area contributed by atoms with E-state index in [9.17, 15) is 14.0 Å². The number of nitrogens with one attached hydrogen (secondary N) is 1. The van der Waals surface area contributed by atoms with Crippen LogP contribution in [0, 0.1) is 5.82 Å². The molecule has 10 heteroatoms. The fourth-order valence-corrected chi connectivity index (χ4v) is 4.86. The second kappa shape index (κ2) is 8.85. The number of amides is 2. The quantitative estimate of drug-likeness (QED) is 0.569. The fourth-order valence-electron chi connectivity index (χ4n) is 4.86. The number of benzene rings is 2. The minimum Gasteiger partial charge on any atom is -0.442 e. The molecule has 0 unspecified atom stereocenters. The lowest BCUT2D eigenvalue weighted by Crippen LogP contribution is -2.48. The Morgan fingerprint density at radius 3 is 2.53 bits per heavy atom. The maximum atomic E-state index is 15.8. The second-order valence-electron chi connectivity index (χ2n) is 8.91. The molecule has 2 heterocycles. The third-order valence-electron chi connectivity index (χ3n) is 6.49. The lowest BCUT2D eigenvalue weighted by atomic mass is 9.82. The van der Waals surface area contributed by atoms with Gasteiger partial charge in [0.2, 0.25) is 5.91 Å². The Labute approximate surface area is 204 Å². The number of para-hydroxylation sites is 2. The van der Waals surface area contributed by atoms with Gasteiger partial charge in [0.05, 0.1) is 30.0 Å². The zero-order chi connectivity index (χ0) is 25.6. The van der Waals surface area contributed by atoms with Crippen molar-refractivity contribution in [2.75, 3.05) is 13.1 Å². The molecule has 7 nitrogen and oxygen atoms in total. The molecule has 1 aliphatic heterocycles. The smallest absolute Gasteiger partial charge is 0.411 e. The van der Waals surface area contributed by atoms with E-state index < -0.39 is 41.1 Å². The molecule has 0 bridgehead atoms. The first kappa shape index (κ1) is 23.7. The van der Waals surface area contributed by atoms with E-state index >= 15 is 8.78 Å². The van der Waals surface area contributed by atoms with Gasteiger partial charge in [-0.25, -0.2) is 22.9 Å². The third-order valence-corrected chi connectivity index (χ3v) is 6.49. The molecule has 2 amide bonds. The van der Waals surface area contributed by atoms with E-state index in [0.29, 0.717) is 11.0 Å². The number of allylic oxidation sites excluding steroid dienone is 2. The van der Waals surface area contributed by atoms with Crippen molar-refractivity contribution in [3.8, 4) is 0 Å². The SMILES string of the molecule is CC(=O)NC[C@H]1CN(C2(c3nc4ccccc4n3C)C=C(F)C(c3cccc(F)c3)C(F)=C2)C(=O)O1. The monoisotopic (exact) mass is 496 g/mol. The lowest BCUT2D eigenvalue weighted by molar-refractivity contribution is -0.119. The number of aryl methyl sites for hydroxylation is 1. The van der Waals surface area contributed by atoms with Gasteiger partial charge in [0.25, 0.3) is 0 Å². The summed E-state index contributed by atoms with van der Waals surface area (Å²) in [4.78, 5) is 30.2. The second-order valence-corrected chi connectivity index (χ2v) is 8.91. The van der Waals surface area contributed by atoms with Gasteiger partial charge in [0.1, 0.15) is 34.9 Å². The number of nitrogens with zero attached hydrogens (tertiary/aromatic N) is 3. The van der Waals surface area contributed by atoms with Crippen molar-refractivity contribution in [2.45, 2.75) is 24.5 Å². The van der Waals surface area contributed by atoms with Crippen LogP contribution in [0.1, 0.15) is 24.2 Å². The molecule has 2 aromatic carbocycles. The van der Waals surface area contributed by atoms with Crippen LogP contribution in [0.4, 0.5) is 18.0 Å². The summed E-state index contributed by atoms with van der Waals surface area (Å²) in [6, 6.07) is 12.2. The molecular formula is C26H23F3N4O3. The van der Waals surface area contributed by atoms with Crippen molar-refractivity contribution in [2.24, 2.45) is 7.05 Å². The number of carbonyl (C=O) groups is 2. The molecule has 1 N–H and O–H groups in total. The molecule has 1 saturated heterocycles. The van der Waals surface area contributed by atoms with E-state index in [2.05, 4.69) is 10.3 Å². The van der Waals surface area contributed by atoms with Gasteiger partial charge in [0.15, 0.2) is 0 Å². The summed E-state index contributed by atoms with van der Waals surface area (Å²) in [5.74, 6) is -3.98. The normalized spacial score (nSPS) is 23.9. The lowest BCUT2D eigenvalue weighted by Gasteiger charge is -2.38. The maximum Gasteiger partial charge on any atom is 0.411 e. The molecule has 0 spiro atoms. The highest BCUT2D eigenvalue weighted by molar-refractivity contribution is 5.78. The van der Waals surface area contributed by atoms with E-state index in [1.165, 1.54) is 30.0 Å². The number of aromatic nitrogens is 2. The van der Waals surface area contributed by atoms with Crippen molar-refractivity contribution < 1.29 is 27.5 Å². The van der Waals surface area contributed by atoms with Crippen molar-refractivity contribution in [3.05, 3.63) is 89.5 Å². The number of hydrogen-bond acceptors (Lipinski definition) is 4. The summed E-state index contributed by atoms with van der Waals surface area (Å²) < 4.78 is 52.5. The zero-order valence-corrected chi connectivity index (χ0v) is 19.5. The number of fused-ring (bicyclic) bond motifs is 1. The van der Waals surface area contributed by atoms with Crippen LogP contribution in [0.3, 0.4) is 0 Å². The number of imidazole rings is 1. The minimum absolute atomic E-state index is 0.0422. The van der Waals surface area contributed by atoms with Crippen molar-refractivity contribution in [1.82, 2.24) is 19.8 Å². The molecule has 186 valence electrons. The number of halogens is 3. The van der Waals surface area contributed by atoms with E-state index in [1.54, 1.807) is 29.8 Å². The van der Waals surface area contributed by atoms with Crippen LogP contribution in [-0.4, -0.2) is 45.6 Å². The van der Waals surface area contributed by atoms with Crippen LogP contribution in [0.15, 0.2) is 72.3 Å². The average molecular weight is 496 g/mol. The van der Waals surface area contributed by atoms with Crippen molar-refractivity contribution in [1.29, 1.82) is 0 Å². The summed E-state index contributed by atoms with van der Waals surface area (Å²) in [6.07, 6.45) is 0.723. The molecule has 2 aliphatic rings. The van der Waals surface area contributed by atoms with Gasteiger partial charge in [-0.15, -0.1) is 0 Å². The first-order valence-corrected chi connectivity index (χ1v) is 11.4. The van der Waals surface area contributed by atoms with Crippen LogP contribution in [0.2, 0.25) is 0 Å². The largest absolute Gasteiger partial charge is 0.442 e. The highest BCUT2D eigenvalue weighted by Crippen LogP contribution is 2.47. The third kappa shape index (κ3) is 3.92. The van der Waals surface area contributed by atoms with Gasteiger partial charge in [-0.3, -0.25) is 9.69 Å². The zero-order valence-electron chi connectivity index (χ0n) is 19.5. The summed E-state index contributed by atoms with van der Waals surface area (Å²) in [7, 11) is 1.69. The summed E-state index contributed by atoms with van der Waals surface area (Å²) in [5, 5.41) is 2.59. The van der Waals surface area contributed by atoms with Gasteiger partial charge in [-0.2, -0.15) is 0 Å². The van der Waals surface area contributed by atoms with Gasteiger partial charge < -0.3 is 14.6 Å². The van der Waals surface area contributed by atoms with Crippen molar-refractivity contribution >= 4 is 23.0 Å². The standard InChI is InChI=1S/C26H23F3N4O3/c1-15(34)30-13-18-14-33(25(35)36-18)26(24-31-21-8-3-4-9-22(21)32(24)2)11-19(28)23(20(29)12-26)16-6-5-7-17(27)10-16/h3-12,18,23H,13-14H2,1-2H3,(H,30,34)/t18-,23?,26?/m0/s1. The minimum atomic E-state index is -1.77. The highest BCUT2D eigenvalue weighted by atomic mass is 19.1. The maximum absolute atomic E-state index is 15.8. The predicted octanol–water partition coefficient (Wildman–Crippen LogP) is 4.37. The van der Waals surface area contributed by atoms with Crippen LogP contribution in [0.5, 0.6) is 0 Å². The number of hydrogen-bond donors (Lipinski definition) is 1. The summed E-state index contributed by atoms with van der Waals surface area (Å²) in [6.45, 7) is 1.32. The molecule has 1 aliphatic carbocycles. The molecule has 0 saturated carbocycles. The Morgan fingerprint density at radius 1 is 1.14 bits per heavy atom. The van der Waals surface area contributed by atoms with Crippen LogP contribution >= 0.6 is 0 Å². The summed E-state index contributed by atoms with van der Waals surface area (Å²) >= 11 is 0. The Kier molecular flexibility index (Phi) is 5.82. The van der Waals surface area contributed by atoms with Gasteiger partial charge in [0, 0.05) is 14.0 Å². The molecule has 5 rings (SSSR count). The van der Waals surface area contributed by atoms with E-state index in [-0.39, 0.29) is 30.4 Å². The highest BCUT2D eigenvalue weighted by Gasteiger charge is 2.51. The first-order chi connectivity index (χ1) is 17.2. The Hall–Kier alpha value is -4.08. The van der Waals surface area contributed by atoms with Crippen molar-refractivity contribution in [3.63, 3.8) is 0 Å². The topological polar surface area (TPSA) is 76.5 Å². The molecule has 1 atom stereocenters. The van der Waals surface area contributed by atoms with Crippen LogP contribution in [-0.2, 0) is 22.1 Å². The average Bonchev–Trinajstić information content (AvgIpc) is 3.38. The van der Waals surface area contributed by atoms with Gasteiger partial charge in [-0.1, -0.05) is 24.3 Å². The number of carbonyl (C=O) groups excluding carboxylic acids is 2. The first-order valence-electron chi connectivity index (χ1n) is 11.4. The number of ether oxygens (including phenoxy) is 1. The van der Waals surface area contributed by atoms with Crippen LogP contribution < -0.4 is 5.32 Å². The van der Waals surface area contributed by atoms with Crippen LogP contribution in [0.25, 0.3) is 11.0 Å². The summed E-state index contributed by atoms with van der Waals surface area (Å²) in [5.41, 5.74) is -0.396. The van der Waals surface area contributed by atoms with E-state index in [0.717, 1.165) is 18.2 Å². The molecule has 1 aromatic heterocycles. The molecule has 3 aromatic rings. The molecular weight excluding hydrogens is 473 g/mol. The van der Waals surface area contributed by atoms with Gasteiger partial charge >= 0.3 is 6.09 Å². The molecule has 36 heavy (non-hydrogen) atoms. The predicted molar refractivity (Wildman–Crippen MR) is 126 cm³/mol. The van der Waals surface area contributed by atoms with Gasteiger partial charge in [-0.05, 0) is 42.0 Å². The van der Waals surface area contributed by atoms with E-state index in [4.69, 9.17) is 4.74 Å².